The van der Waals surface area contributed by atoms with Crippen LogP contribution in [0, 0.1) is 6.92 Å². The highest BCUT2D eigenvalue weighted by molar-refractivity contribution is 7.98. The van der Waals surface area contributed by atoms with E-state index < -0.39 is 0 Å². The Bertz CT molecular complexity index is 635. The fourth-order valence-corrected chi connectivity index (χ4v) is 2.76. The molecule has 0 aliphatic carbocycles. The number of thioether (sulfide) groups is 1. The van der Waals surface area contributed by atoms with Crippen molar-refractivity contribution in [2.75, 3.05) is 25.6 Å². The van der Waals surface area contributed by atoms with E-state index in [1.54, 1.807) is 13.2 Å². The van der Waals surface area contributed by atoms with Crippen molar-refractivity contribution >= 4 is 17.7 Å². The first kappa shape index (κ1) is 18.3. The van der Waals surface area contributed by atoms with Crippen LogP contribution in [0.1, 0.15) is 24.2 Å². The van der Waals surface area contributed by atoms with Gasteiger partial charge in [0.25, 0.3) is 0 Å². The lowest BCUT2D eigenvalue weighted by molar-refractivity contribution is 0.732. The van der Waals surface area contributed by atoms with Crippen molar-refractivity contribution in [1.29, 1.82) is 0 Å². The van der Waals surface area contributed by atoms with Crippen LogP contribution in [0.4, 0.5) is 0 Å². The number of aliphatic imine (C=N–C) groups is 1. The van der Waals surface area contributed by atoms with Gasteiger partial charge in [0.05, 0.1) is 0 Å². The zero-order valence-electron chi connectivity index (χ0n) is 14.6. The molecule has 2 N–H and O–H groups in total. The maximum Gasteiger partial charge on any atom is 0.191 e. The van der Waals surface area contributed by atoms with Crippen LogP contribution in [0.15, 0.2) is 35.7 Å². The van der Waals surface area contributed by atoms with Crippen LogP contribution in [-0.2, 0) is 6.54 Å². The Morgan fingerprint density at radius 1 is 1.25 bits per heavy atom. The number of nitrogens with one attached hydrogen (secondary N) is 2. The van der Waals surface area contributed by atoms with Crippen LogP contribution < -0.4 is 10.6 Å². The van der Waals surface area contributed by atoms with Gasteiger partial charge in [0.15, 0.2) is 5.96 Å². The molecular formula is C17H26N6S. The van der Waals surface area contributed by atoms with Gasteiger partial charge in [-0.2, -0.15) is 11.8 Å². The van der Waals surface area contributed by atoms with Crippen molar-refractivity contribution in [3.63, 3.8) is 0 Å². The van der Waals surface area contributed by atoms with Crippen LogP contribution in [0.3, 0.4) is 0 Å². The van der Waals surface area contributed by atoms with Crippen molar-refractivity contribution in [1.82, 2.24) is 25.2 Å². The minimum absolute atomic E-state index is 0.695. The summed E-state index contributed by atoms with van der Waals surface area (Å²) in [5.74, 6) is 3.85. The molecule has 0 saturated carbocycles. The van der Waals surface area contributed by atoms with E-state index in [0.29, 0.717) is 6.54 Å². The molecule has 0 aromatic carbocycles. The van der Waals surface area contributed by atoms with E-state index in [1.807, 2.05) is 41.7 Å². The van der Waals surface area contributed by atoms with Gasteiger partial charge >= 0.3 is 0 Å². The van der Waals surface area contributed by atoms with Gasteiger partial charge in [0.2, 0.25) is 0 Å². The molecule has 0 unspecified atom stereocenters. The average Bonchev–Trinajstić information content (AvgIpc) is 3.04. The Kier molecular flexibility index (Phi) is 7.61. The van der Waals surface area contributed by atoms with Crippen LogP contribution in [0.5, 0.6) is 0 Å². The number of hydrogen-bond acceptors (Lipinski definition) is 4. The van der Waals surface area contributed by atoms with Crippen molar-refractivity contribution in [3.8, 4) is 5.82 Å². The van der Waals surface area contributed by atoms with Crippen LogP contribution >= 0.6 is 11.8 Å². The molecule has 0 saturated heterocycles. The normalized spacial score (nSPS) is 11.5. The van der Waals surface area contributed by atoms with Gasteiger partial charge in [-0.05, 0) is 43.4 Å². The summed E-state index contributed by atoms with van der Waals surface area (Å²) in [6, 6.07) is 4.07. The molecule has 130 valence electrons. The predicted octanol–water partition coefficient (Wildman–Crippen LogP) is 2.38. The van der Waals surface area contributed by atoms with Crippen LogP contribution in [0.2, 0.25) is 0 Å². The number of unbranched alkanes of at least 4 members (excludes halogenated alkanes) is 1. The minimum Gasteiger partial charge on any atom is -0.356 e. The maximum atomic E-state index is 4.50. The Labute approximate surface area is 148 Å². The summed E-state index contributed by atoms with van der Waals surface area (Å²) < 4.78 is 1.96. The number of aromatic nitrogens is 3. The highest BCUT2D eigenvalue weighted by atomic mass is 32.2. The Balaban J connectivity index is 1.80. The van der Waals surface area contributed by atoms with Crippen molar-refractivity contribution in [2.45, 2.75) is 26.3 Å². The zero-order valence-corrected chi connectivity index (χ0v) is 15.4. The van der Waals surface area contributed by atoms with Gasteiger partial charge in [0.1, 0.15) is 11.6 Å². The molecule has 24 heavy (non-hydrogen) atoms. The van der Waals surface area contributed by atoms with E-state index in [9.17, 15) is 0 Å². The fourth-order valence-electron chi connectivity index (χ4n) is 2.27. The first-order valence-corrected chi connectivity index (χ1v) is 9.52. The molecule has 0 radical (unpaired) electrons. The molecule has 2 aromatic rings. The van der Waals surface area contributed by atoms with E-state index in [-0.39, 0.29) is 0 Å². The highest BCUT2D eigenvalue weighted by Crippen LogP contribution is 2.08. The second kappa shape index (κ2) is 9.97. The summed E-state index contributed by atoms with van der Waals surface area (Å²) in [5, 5.41) is 6.65. The number of hydrogen-bond donors (Lipinski definition) is 2. The van der Waals surface area contributed by atoms with Crippen molar-refractivity contribution in [2.24, 2.45) is 4.99 Å². The molecule has 0 fully saturated rings. The lowest BCUT2D eigenvalue weighted by Gasteiger charge is -2.12. The first-order valence-electron chi connectivity index (χ1n) is 8.13. The van der Waals surface area contributed by atoms with E-state index in [1.165, 1.54) is 12.2 Å². The van der Waals surface area contributed by atoms with Crippen molar-refractivity contribution in [3.05, 3.63) is 42.1 Å². The first-order chi connectivity index (χ1) is 11.7. The molecule has 2 heterocycles. The van der Waals surface area contributed by atoms with E-state index >= 15 is 0 Å². The van der Waals surface area contributed by atoms with Gasteiger partial charge in [-0.3, -0.25) is 9.56 Å². The molecule has 0 spiro atoms. The fraction of sp³-hybridized carbons (Fsp3) is 0.471. The smallest absolute Gasteiger partial charge is 0.191 e. The standard InChI is InChI=1S/C17H26N6S/c1-14-19-9-10-23(14)16-7-6-15(12-21-16)13-22-17(18-2)20-8-4-5-11-24-3/h6-7,9-10,12H,4-5,8,11,13H2,1-3H3,(H2,18,20,22). The molecule has 0 atom stereocenters. The van der Waals surface area contributed by atoms with E-state index in [0.717, 1.165) is 36.1 Å². The molecule has 0 bridgehead atoms. The molecule has 0 amide bonds. The van der Waals surface area contributed by atoms with Gasteiger partial charge in [-0.15, -0.1) is 0 Å². The van der Waals surface area contributed by atoms with E-state index in [4.69, 9.17) is 0 Å². The quantitative estimate of drug-likeness (QED) is 0.436. The van der Waals surface area contributed by atoms with Crippen molar-refractivity contribution < 1.29 is 0 Å². The van der Waals surface area contributed by atoms with Gasteiger partial charge in [-0.1, -0.05) is 6.07 Å². The third-order valence-corrected chi connectivity index (χ3v) is 4.33. The maximum absolute atomic E-state index is 4.50. The van der Waals surface area contributed by atoms with Crippen LogP contribution in [-0.4, -0.2) is 46.1 Å². The largest absolute Gasteiger partial charge is 0.356 e. The zero-order chi connectivity index (χ0) is 17.2. The summed E-state index contributed by atoms with van der Waals surface area (Å²) in [4.78, 5) is 13.0. The lowest BCUT2D eigenvalue weighted by Crippen LogP contribution is -2.37. The third kappa shape index (κ3) is 5.56. The minimum atomic E-state index is 0.695. The Hall–Kier alpha value is -2.02. The van der Waals surface area contributed by atoms with Gasteiger partial charge < -0.3 is 10.6 Å². The van der Waals surface area contributed by atoms with Gasteiger partial charge in [-0.25, -0.2) is 9.97 Å². The Morgan fingerprint density at radius 2 is 2.12 bits per heavy atom. The second-order valence-corrected chi connectivity index (χ2v) is 6.41. The molecule has 6 nitrogen and oxygen atoms in total. The van der Waals surface area contributed by atoms with Gasteiger partial charge in [0, 0.05) is 38.7 Å². The number of aryl methyl sites for hydroxylation is 1. The number of rotatable bonds is 8. The molecule has 2 aromatic heterocycles. The Morgan fingerprint density at radius 3 is 2.75 bits per heavy atom. The molecule has 0 aliphatic heterocycles. The molecule has 0 aliphatic rings. The third-order valence-electron chi connectivity index (χ3n) is 3.63. The number of imidazole rings is 1. The number of guanidine groups is 1. The monoisotopic (exact) mass is 346 g/mol. The molecular weight excluding hydrogens is 320 g/mol. The highest BCUT2D eigenvalue weighted by Gasteiger charge is 2.03. The topological polar surface area (TPSA) is 67.1 Å². The summed E-state index contributed by atoms with van der Waals surface area (Å²) in [6.45, 7) is 3.60. The second-order valence-electron chi connectivity index (χ2n) is 5.42. The summed E-state index contributed by atoms with van der Waals surface area (Å²) >= 11 is 1.89. The summed E-state index contributed by atoms with van der Waals surface area (Å²) in [6.07, 6.45) is 10.1. The molecule has 7 heteroatoms. The van der Waals surface area contributed by atoms with E-state index in [2.05, 4.69) is 37.9 Å². The number of pyridine rings is 1. The molecule has 2 rings (SSSR count). The average molecular weight is 347 g/mol. The summed E-state index contributed by atoms with van der Waals surface area (Å²) in [5.41, 5.74) is 1.11. The lowest BCUT2D eigenvalue weighted by atomic mass is 10.3. The summed E-state index contributed by atoms with van der Waals surface area (Å²) in [7, 11) is 1.79. The SMILES string of the molecule is CN=C(NCCCCSC)NCc1ccc(-n2ccnc2C)nc1. The van der Waals surface area contributed by atoms with Crippen LogP contribution in [0.25, 0.3) is 5.82 Å². The number of nitrogens with zero attached hydrogens (tertiary/aromatic N) is 4. The predicted molar refractivity (Wildman–Crippen MR) is 102 cm³/mol.